The molecule has 81 heavy (non-hydrogen) atoms. The third kappa shape index (κ3) is 65.7. The number of carbonyl (C=O) groups is 2. The van der Waals surface area contributed by atoms with Gasteiger partial charge >= 0.3 is 19.8 Å². The molecule has 2 atom stereocenters. The fourth-order valence-electron chi connectivity index (χ4n) is 8.97. The highest BCUT2D eigenvalue weighted by Crippen LogP contribution is 2.43. The van der Waals surface area contributed by atoms with Gasteiger partial charge in [0.1, 0.15) is 19.8 Å². The minimum absolute atomic E-state index is 0.0271. The largest absolute Gasteiger partial charge is 0.472 e. The van der Waals surface area contributed by atoms with Crippen LogP contribution in [0.5, 0.6) is 0 Å². The summed E-state index contributed by atoms with van der Waals surface area (Å²) in [5.74, 6) is -0.809. The lowest BCUT2D eigenvalue weighted by Gasteiger charge is -2.24. The maximum Gasteiger partial charge on any atom is 0.472 e. The van der Waals surface area contributed by atoms with Gasteiger partial charge in [0.25, 0.3) is 0 Å². The molecule has 0 heterocycles. The van der Waals surface area contributed by atoms with Crippen LogP contribution >= 0.6 is 7.82 Å². The fourth-order valence-corrected chi connectivity index (χ4v) is 9.71. The first-order chi connectivity index (χ1) is 39.5. The number of quaternary nitrogens is 1. The monoisotopic (exact) mass is 1150 g/mol. The number of unbranched alkanes of at least 4 members (excludes halogenated alkanes) is 28. The van der Waals surface area contributed by atoms with E-state index in [4.69, 9.17) is 18.5 Å². The zero-order valence-corrected chi connectivity index (χ0v) is 53.9. The molecular weight excluding hydrogens is 1030 g/mol. The van der Waals surface area contributed by atoms with Gasteiger partial charge in [-0.1, -0.05) is 271 Å². The van der Waals surface area contributed by atoms with Crippen LogP contribution in [0.15, 0.2) is 109 Å². The molecule has 0 radical (unpaired) electrons. The molecule has 466 valence electrons. The van der Waals surface area contributed by atoms with Crippen molar-refractivity contribution in [3.05, 3.63) is 109 Å². The smallest absolute Gasteiger partial charge is 0.462 e. The summed E-state index contributed by atoms with van der Waals surface area (Å²) in [6, 6.07) is 0. The number of likely N-dealkylation sites (N-methyl/N-ethyl adjacent to an activating group) is 1. The SMILES string of the molecule is CC/C=C\C/C=C\C/C=C\C/C=C\C/C=C\C/C=C\C/C=C\CCCCCCCCCCCCCCCCCCCCCC(=O)OC(COC(=O)CCCCCCC/C=C\C/C=C\CCCCCC)COP(=O)(O)OCC[N+](C)(C)C. The standard InChI is InChI=1S/C71H124NO8P/c1-6-8-10-12-14-16-18-20-22-24-25-26-27-28-29-30-31-32-33-34-35-36-37-38-39-40-41-42-43-44-45-46-47-48-50-52-54-56-58-60-62-64-71(74)80-69(68-79-81(75,76)78-66-65-72(3,4)5)67-77-70(73)63-61-59-57-55-53-51-49-23-21-19-17-15-13-11-9-7-2/h8,10,14,16-17,19-20,22-23,25-26,28-29,31-32,34-35,49,69H,6-7,9,11-13,15,18,21,24,27,30,33,36-48,50-68H2,1-5H3/p+1/b10-8-,16-14-,19-17-,22-20-,26-25-,29-28-,32-31-,35-34-,49-23-. The summed E-state index contributed by atoms with van der Waals surface area (Å²) in [5, 5.41) is 0. The number of phosphoric acid groups is 1. The Balaban J connectivity index is 3.97. The van der Waals surface area contributed by atoms with Crippen molar-refractivity contribution in [3.63, 3.8) is 0 Å². The summed E-state index contributed by atoms with van der Waals surface area (Å²) in [4.78, 5) is 35.7. The van der Waals surface area contributed by atoms with Crippen LogP contribution in [0.2, 0.25) is 0 Å². The van der Waals surface area contributed by atoms with Crippen LogP contribution < -0.4 is 0 Å². The molecule has 9 nitrogen and oxygen atoms in total. The summed E-state index contributed by atoms with van der Waals surface area (Å²) >= 11 is 0. The maximum absolute atomic E-state index is 12.8. The van der Waals surface area contributed by atoms with Gasteiger partial charge in [0.05, 0.1) is 27.7 Å². The molecule has 1 N–H and O–H groups in total. The van der Waals surface area contributed by atoms with Crippen LogP contribution in [-0.4, -0.2) is 74.9 Å². The van der Waals surface area contributed by atoms with Crippen molar-refractivity contribution < 1.29 is 42.1 Å². The number of ether oxygens (including phenoxy) is 2. The third-order valence-corrected chi connectivity index (χ3v) is 15.0. The zero-order chi connectivity index (χ0) is 59.1. The van der Waals surface area contributed by atoms with Crippen molar-refractivity contribution in [1.82, 2.24) is 0 Å². The number of rotatable bonds is 60. The van der Waals surface area contributed by atoms with E-state index in [0.717, 1.165) is 103 Å². The fraction of sp³-hybridized carbons (Fsp3) is 0.718. The van der Waals surface area contributed by atoms with E-state index in [0.29, 0.717) is 17.4 Å². The number of nitrogens with zero attached hydrogens (tertiary/aromatic N) is 1. The van der Waals surface area contributed by atoms with Crippen molar-refractivity contribution in [2.45, 2.75) is 283 Å². The lowest BCUT2D eigenvalue weighted by Crippen LogP contribution is -2.37. The van der Waals surface area contributed by atoms with E-state index in [9.17, 15) is 19.0 Å². The first kappa shape index (κ1) is 77.7. The molecule has 0 rings (SSSR count). The number of esters is 2. The van der Waals surface area contributed by atoms with Gasteiger partial charge in [0.15, 0.2) is 6.10 Å². The molecule has 0 aromatic heterocycles. The molecule has 2 unspecified atom stereocenters. The molecule has 10 heteroatoms. The van der Waals surface area contributed by atoms with Gasteiger partial charge in [-0.15, -0.1) is 0 Å². The Morgan fingerprint density at radius 1 is 0.395 bits per heavy atom. The van der Waals surface area contributed by atoms with E-state index in [1.54, 1.807) is 0 Å². The third-order valence-electron chi connectivity index (χ3n) is 14.0. The van der Waals surface area contributed by atoms with Crippen molar-refractivity contribution in [1.29, 1.82) is 0 Å². The molecule has 0 spiro atoms. The minimum atomic E-state index is -4.39. The Labute approximate surface area is 499 Å². The van der Waals surface area contributed by atoms with E-state index < -0.39 is 26.5 Å². The van der Waals surface area contributed by atoms with Gasteiger partial charge in [-0.05, 0) is 103 Å². The molecule has 0 bridgehead atoms. The zero-order valence-electron chi connectivity index (χ0n) is 53.0. The minimum Gasteiger partial charge on any atom is -0.462 e. The molecule has 0 aromatic rings. The van der Waals surface area contributed by atoms with E-state index >= 15 is 0 Å². The van der Waals surface area contributed by atoms with Gasteiger partial charge in [0.2, 0.25) is 0 Å². The van der Waals surface area contributed by atoms with Crippen LogP contribution in [-0.2, 0) is 32.7 Å². The van der Waals surface area contributed by atoms with Crippen molar-refractivity contribution >= 4 is 19.8 Å². The molecule has 0 aliphatic carbocycles. The van der Waals surface area contributed by atoms with Crippen LogP contribution in [0.4, 0.5) is 0 Å². The molecule has 0 aromatic carbocycles. The Hall–Kier alpha value is -3.33. The van der Waals surface area contributed by atoms with Crippen LogP contribution in [0.25, 0.3) is 0 Å². The summed E-state index contributed by atoms with van der Waals surface area (Å²) < 4.78 is 34.6. The second-order valence-electron chi connectivity index (χ2n) is 23.1. The molecule has 0 saturated heterocycles. The van der Waals surface area contributed by atoms with Gasteiger partial charge in [-0.2, -0.15) is 0 Å². The predicted molar refractivity (Wildman–Crippen MR) is 348 cm³/mol. The highest BCUT2D eigenvalue weighted by Gasteiger charge is 2.27. The summed E-state index contributed by atoms with van der Waals surface area (Å²) in [6.07, 6.45) is 86.2. The maximum atomic E-state index is 12.8. The lowest BCUT2D eigenvalue weighted by molar-refractivity contribution is -0.870. The molecule has 0 saturated carbocycles. The number of allylic oxidation sites excluding steroid dienone is 18. The quantitative estimate of drug-likeness (QED) is 0.0211. The molecule has 0 aliphatic rings. The number of hydrogen-bond acceptors (Lipinski definition) is 7. The number of phosphoric ester groups is 1. The number of hydrogen-bond donors (Lipinski definition) is 1. The average Bonchev–Trinajstić information content (AvgIpc) is 3.43. The van der Waals surface area contributed by atoms with Crippen molar-refractivity contribution in [2.75, 3.05) is 47.5 Å². The summed E-state index contributed by atoms with van der Waals surface area (Å²) in [6.45, 7) is 4.30. The second kappa shape index (κ2) is 61.2. The number of carbonyl (C=O) groups excluding carboxylic acids is 2. The Morgan fingerprint density at radius 2 is 0.704 bits per heavy atom. The Morgan fingerprint density at radius 3 is 1.05 bits per heavy atom. The first-order valence-corrected chi connectivity index (χ1v) is 34.6. The molecular formula is C71H125NO8P+. The van der Waals surface area contributed by atoms with Crippen LogP contribution in [0.1, 0.15) is 277 Å². The van der Waals surface area contributed by atoms with Gasteiger partial charge in [0, 0.05) is 12.8 Å². The predicted octanol–water partition coefficient (Wildman–Crippen LogP) is 21.3. The van der Waals surface area contributed by atoms with Crippen LogP contribution in [0, 0.1) is 0 Å². The van der Waals surface area contributed by atoms with E-state index in [1.807, 2.05) is 21.1 Å². The highest BCUT2D eigenvalue weighted by atomic mass is 31.2. The van der Waals surface area contributed by atoms with E-state index in [1.165, 1.54) is 141 Å². The van der Waals surface area contributed by atoms with Gasteiger partial charge in [-0.3, -0.25) is 18.6 Å². The summed E-state index contributed by atoms with van der Waals surface area (Å²) in [5.41, 5.74) is 0. The lowest BCUT2D eigenvalue weighted by atomic mass is 10.0. The normalized spacial score (nSPS) is 13.9. The topological polar surface area (TPSA) is 108 Å². The Bertz CT molecular complexity index is 1730. The summed E-state index contributed by atoms with van der Waals surface area (Å²) in [7, 11) is 1.47. The molecule has 0 fully saturated rings. The first-order valence-electron chi connectivity index (χ1n) is 33.1. The average molecular weight is 1150 g/mol. The van der Waals surface area contributed by atoms with Crippen LogP contribution in [0.3, 0.4) is 0 Å². The van der Waals surface area contributed by atoms with Crippen molar-refractivity contribution in [2.24, 2.45) is 0 Å². The molecule has 0 aliphatic heterocycles. The van der Waals surface area contributed by atoms with Gasteiger partial charge < -0.3 is 18.9 Å². The highest BCUT2D eigenvalue weighted by molar-refractivity contribution is 7.47. The van der Waals surface area contributed by atoms with E-state index in [-0.39, 0.29) is 32.0 Å². The van der Waals surface area contributed by atoms with Crippen molar-refractivity contribution in [3.8, 4) is 0 Å². The van der Waals surface area contributed by atoms with E-state index in [2.05, 4.69) is 123 Å². The van der Waals surface area contributed by atoms with Gasteiger partial charge in [-0.25, -0.2) is 4.57 Å². The molecule has 0 amide bonds. The second-order valence-corrected chi connectivity index (χ2v) is 24.6. The Kier molecular flexibility index (Phi) is 58.7.